The van der Waals surface area contributed by atoms with Gasteiger partial charge in [-0.3, -0.25) is 14.5 Å². The molecule has 2 saturated heterocycles. The lowest BCUT2D eigenvalue weighted by Crippen LogP contribution is -2.70. The van der Waals surface area contributed by atoms with Crippen LogP contribution in [0.4, 0.5) is 4.79 Å². The van der Waals surface area contributed by atoms with E-state index in [0.29, 0.717) is 11.1 Å². The van der Waals surface area contributed by atoms with Gasteiger partial charge in [-0.05, 0) is 32.0 Å². The third-order valence-electron chi connectivity index (χ3n) is 8.09. The van der Waals surface area contributed by atoms with E-state index in [1.807, 2.05) is 43.4 Å². The molecule has 2 fully saturated rings. The van der Waals surface area contributed by atoms with Gasteiger partial charge in [-0.2, -0.15) is 0 Å². The number of carbonyl (C=O) groups excluding carboxylic acids is 3. The molecule has 1 aromatic carbocycles. The largest absolute Gasteiger partial charge is 0.509 e. The van der Waals surface area contributed by atoms with E-state index in [1.54, 1.807) is 13.8 Å². The van der Waals surface area contributed by atoms with E-state index >= 15 is 0 Å². The molecule has 3 aliphatic rings. The highest BCUT2D eigenvalue weighted by atomic mass is 28.4. The van der Waals surface area contributed by atoms with Gasteiger partial charge in [0, 0.05) is 16.7 Å². The normalized spacial score (nSPS) is 29.3. The van der Waals surface area contributed by atoms with Gasteiger partial charge in [0.15, 0.2) is 27.0 Å². The summed E-state index contributed by atoms with van der Waals surface area (Å²) in [7, 11) is -2.53. The highest BCUT2D eigenvalue weighted by Crippen LogP contribution is 2.43. The SMILES string of the molecule is C=CCOC(=O)O[C@H]1[C@@H]2O[C@H](c3ccccc3)OC[C@H]2O[C@@H](O[Si](C)(C)C(C)(C)C)[C@@H]1N1C(=O)C(C)=C(C)C1=O. The number of nitrogens with zero attached hydrogens (tertiary/aromatic N) is 1. The lowest BCUT2D eigenvalue weighted by atomic mass is 9.94. The van der Waals surface area contributed by atoms with Gasteiger partial charge in [-0.1, -0.05) is 63.8 Å². The first kappa shape index (κ1) is 30.1. The minimum atomic E-state index is -2.53. The first-order valence-corrected chi connectivity index (χ1v) is 16.3. The molecular weight excluding hydrogens is 534 g/mol. The molecule has 2 amide bonds. The van der Waals surface area contributed by atoms with Crippen molar-refractivity contribution in [1.29, 1.82) is 0 Å². The minimum Gasteiger partial charge on any atom is -0.430 e. The average molecular weight is 574 g/mol. The van der Waals surface area contributed by atoms with Crippen molar-refractivity contribution in [3.05, 3.63) is 59.7 Å². The average Bonchev–Trinajstić information content (AvgIpc) is 3.09. The van der Waals surface area contributed by atoms with Crippen molar-refractivity contribution in [1.82, 2.24) is 4.90 Å². The van der Waals surface area contributed by atoms with Crippen LogP contribution in [0.15, 0.2) is 54.1 Å². The number of ether oxygens (including phenoxy) is 5. The summed E-state index contributed by atoms with van der Waals surface area (Å²) in [6.07, 6.45) is -4.26. The smallest absolute Gasteiger partial charge is 0.430 e. The van der Waals surface area contributed by atoms with Gasteiger partial charge in [-0.15, -0.1) is 0 Å². The second-order valence-electron chi connectivity index (χ2n) is 11.8. The van der Waals surface area contributed by atoms with Crippen LogP contribution in [0, 0.1) is 0 Å². The molecule has 10 nitrogen and oxygen atoms in total. The van der Waals surface area contributed by atoms with Gasteiger partial charge in [0.05, 0.1) is 6.61 Å². The van der Waals surface area contributed by atoms with Crippen LogP contribution in [-0.4, -0.2) is 75.0 Å². The van der Waals surface area contributed by atoms with Gasteiger partial charge in [0.25, 0.3) is 11.8 Å². The van der Waals surface area contributed by atoms with Gasteiger partial charge < -0.3 is 28.1 Å². The monoisotopic (exact) mass is 573 g/mol. The van der Waals surface area contributed by atoms with Crippen molar-refractivity contribution in [3.8, 4) is 0 Å². The predicted molar refractivity (Wildman–Crippen MR) is 147 cm³/mol. The third-order valence-corrected chi connectivity index (χ3v) is 12.5. The van der Waals surface area contributed by atoms with Gasteiger partial charge in [0.1, 0.15) is 24.9 Å². The number of rotatable bonds is 7. The van der Waals surface area contributed by atoms with Crippen LogP contribution in [-0.2, 0) is 37.7 Å². The Morgan fingerprint density at radius 3 is 2.30 bits per heavy atom. The maximum Gasteiger partial charge on any atom is 0.509 e. The summed E-state index contributed by atoms with van der Waals surface area (Å²) in [5.74, 6) is -1.00. The molecule has 0 N–H and O–H groups in total. The summed E-state index contributed by atoms with van der Waals surface area (Å²) in [4.78, 5) is 40.9. The van der Waals surface area contributed by atoms with E-state index in [-0.39, 0.29) is 18.3 Å². The van der Waals surface area contributed by atoms with E-state index in [1.165, 1.54) is 6.08 Å². The van der Waals surface area contributed by atoms with Gasteiger partial charge in [-0.25, -0.2) is 4.79 Å². The topological polar surface area (TPSA) is 110 Å². The molecule has 0 aromatic heterocycles. The summed E-state index contributed by atoms with van der Waals surface area (Å²) in [6.45, 7) is 17.1. The number of benzene rings is 1. The molecule has 0 unspecified atom stereocenters. The molecule has 0 aliphatic carbocycles. The molecule has 6 atom stereocenters. The summed E-state index contributed by atoms with van der Waals surface area (Å²) in [6, 6.07) is 8.16. The fourth-order valence-electron chi connectivity index (χ4n) is 4.63. The van der Waals surface area contributed by atoms with Crippen LogP contribution in [0.2, 0.25) is 18.1 Å². The Bertz CT molecular complexity index is 1150. The number of fused-ring (bicyclic) bond motifs is 1. The lowest BCUT2D eigenvalue weighted by Gasteiger charge is -2.52. The number of amides is 2. The number of hydrogen-bond acceptors (Lipinski definition) is 9. The highest BCUT2D eigenvalue weighted by Gasteiger charge is 2.59. The number of carbonyl (C=O) groups is 3. The summed E-state index contributed by atoms with van der Waals surface area (Å²) in [5, 5.41) is -0.224. The number of hydrogen-bond donors (Lipinski definition) is 0. The van der Waals surface area contributed by atoms with Crippen LogP contribution in [0.3, 0.4) is 0 Å². The highest BCUT2D eigenvalue weighted by molar-refractivity contribution is 6.74. The van der Waals surface area contributed by atoms with Crippen molar-refractivity contribution in [2.45, 2.75) is 89.7 Å². The molecule has 3 aliphatic heterocycles. The maximum atomic E-state index is 13.5. The van der Waals surface area contributed by atoms with Crippen LogP contribution < -0.4 is 0 Å². The minimum absolute atomic E-state index is 0.0807. The zero-order chi connectivity index (χ0) is 29.4. The molecular formula is C29H39NO9Si. The van der Waals surface area contributed by atoms with Crippen molar-refractivity contribution in [2.75, 3.05) is 13.2 Å². The quantitative estimate of drug-likeness (QED) is 0.200. The number of imide groups is 1. The zero-order valence-corrected chi connectivity index (χ0v) is 25.2. The second-order valence-corrected chi connectivity index (χ2v) is 16.5. The predicted octanol–water partition coefficient (Wildman–Crippen LogP) is 4.63. The molecule has 11 heteroatoms. The van der Waals surface area contributed by atoms with Crippen LogP contribution in [0.25, 0.3) is 0 Å². The van der Waals surface area contributed by atoms with E-state index in [4.69, 9.17) is 28.1 Å². The molecule has 0 spiro atoms. The molecule has 0 bridgehead atoms. The second kappa shape index (κ2) is 11.6. The Kier molecular flexibility index (Phi) is 8.72. The first-order chi connectivity index (χ1) is 18.8. The van der Waals surface area contributed by atoms with Crippen molar-refractivity contribution >= 4 is 26.3 Å². The van der Waals surface area contributed by atoms with Crippen LogP contribution in [0.1, 0.15) is 46.5 Å². The molecule has 1 aromatic rings. The van der Waals surface area contributed by atoms with Gasteiger partial charge in [0.2, 0.25) is 0 Å². The Labute approximate surface area is 236 Å². The summed E-state index contributed by atoms with van der Waals surface area (Å²) < 4.78 is 36.5. The van der Waals surface area contributed by atoms with E-state index < -0.39 is 63.2 Å². The fourth-order valence-corrected chi connectivity index (χ4v) is 5.76. The molecule has 0 saturated carbocycles. The van der Waals surface area contributed by atoms with Crippen molar-refractivity contribution < 1.29 is 42.5 Å². The molecule has 3 heterocycles. The fraction of sp³-hybridized carbons (Fsp3) is 0.552. The van der Waals surface area contributed by atoms with Crippen molar-refractivity contribution in [2.24, 2.45) is 0 Å². The Balaban J connectivity index is 1.78. The first-order valence-electron chi connectivity index (χ1n) is 13.4. The Morgan fingerprint density at radius 1 is 1.10 bits per heavy atom. The van der Waals surface area contributed by atoms with Gasteiger partial charge >= 0.3 is 6.16 Å². The molecule has 0 radical (unpaired) electrons. The Morgan fingerprint density at radius 2 is 1.73 bits per heavy atom. The summed E-state index contributed by atoms with van der Waals surface area (Å²) in [5.41, 5.74) is 1.37. The molecule has 4 rings (SSSR count). The van der Waals surface area contributed by atoms with Crippen LogP contribution in [0.5, 0.6) is 0 Å². The van der Waals surface area contributed by atoms with Crippen LogP contribution >= 0.6 is 0 Å². The third kappa shape index (κ3) is 5.80. The molecule has 218 valence electrons. The van der Waals surface area contributed by atoms with E-state index in [2.05, 4.69) is 27.4 Å². The van der Waals surface area contributed by atoms with E-state index in [0.717, 1.165) is 10.5 Å². The standard InChI is InChI=1S/C29H39NO9Si/c1-9-15-34-28(33)38-23-21(30-24(31)17(2)18(3)25(30)32)27(39-40(7,8)29(4,5)6)36-20-16-35-26(37-22(20)23)19-13-11-10-12-14-19/h9-14,20-23,26-27H,1,15-16H2,2-8H3/t20-,21-,22-,23-,26-,27+/m1/s1. The molecule has 40 heavy (non-hydrogen) atoms. The lowest BCUT2D eigenvalue weighted by molar-refractivity contribution is -0.341. The van der Waals surface area contributed by atoms with E-state index in [9.17, 15) is 14.4 Å². The Hall–Kier alpha value is -2.83. The van der Waals surface area contributed by atoms with Crippen molar-refractivity contribution in [3.63, 3.8) is 0 Å². The zero-order valence-electron chi connectivity index (χ0n) is 24.2. The maximum absolute atomic E-state index is 13.5. The summed E-state index contributed by atoms with van der Waals surface area (Å²) >= 11 is 0.